The molecule has 42 heavy (non-hydrogen) atoms. The Morgan fingerprint density at radius 3 is 1.26 bits per heavy atom. The van der Waals surface area contributed by atoms with Crippen LogP contribution in [0.25, 0.3) is 0 Å². The Hall–Kier alpha value is 1.92. The first-order valence-corrected chi connectivity index (χ1v) is 20.5. The van der Waals surface area contributed by atoms with Crippen LogP contribution in [0.1, 0.15) is 25.7 Å². The quantitative estimate of drug-likeness (QED) is 0.296. The standard InChI is InChI=1S/C24H34N2O2Se2.2C5H5.2Fe/c1-27-17-21-9-5-13-25(21)15-19-7-3-11-23(19)29-30-24-12-4-8-20(24)16-26-14-6-10-22(26)18-28-2;2*1-2-4-5-3-1;;/h3-4,7-8,11-12,21-22H,5-6,9-10,13-18H2,1-2H3;2*1-5H;;/q;;;2*+2/t21-,22-;;;;/m0..../s1. The fourth-order valence-corrected chi connectivity index (χ4v) is 12.9. The first kappa shape index (κ1) is 40.1. The van der Waals surface area contributed by atoms with E-state index in [4.69, 9.17) is 9.47 Å². The zero-order valence-corrected chi connectivity index (χ0v) is 30.3. The van der Waals surface area contributed by atoms with E-state index >= 15 is 0 Å². The van der Waals surface area contributed by atoms with Crippen molar-refractivity contribution in [2.75, 3.05) is 53.6 Å². The Labute approximate surface area is 293 Å². The number of hydrogen-bond acceptors (Lipinski definition) is 4. The van der Waals surface area contributed by atoms with Gasteiger partial charge >= 0.3 is 231 Å². The topological polar surface area (TPSA) is 24.9 Å². The van der Waals surface area contributed by atoms with E-state index in [0.29, 0.717) is 38.3 Å². The third-order valence-electron chi connectivity index (χ3n) is 7.52. The van der Waals surface area contributed by atoms with Crippen molar-refractivity contribution in [1.82, 2.24) is 9.80 Å². The predicted octanol–water partition coefficient (Wildman–Crippen LogP) is 4.04. The number of nitrogens with zero attached hydrogens (tertiary/aromatic N) is 2. The van der Waals surface area contributed by atoms with Gasteiger partial charge < -0.3 is 0 Å². The molecule has 6 aliphatic rings. The minimum absolute atomic E-state index is 0. The molecule has 6 rings (SSSR count). The van der Waals surface area contributed by atoms with Gasteiger partial charge in [-0.25, -0.2) is 0 Å². The number of rotatable bonds is 11. The summed E-state index contributed by atoms with van der Waals surface area (Å²) in [5.74, 6) is 3.10. The van der Waals surface area contributed by atoms with Gasteiger partial charge in [-0.2, -0.15) is 0 Å². The first-order chi connectivity index (χ1) is 19.8. The van der Waals surface area contributed by atoms with Gasteiger partial charge in [-0.15, -0.1) is 0 Å². The fraction of sp³-hybridized carbons (Fsp3) is 0.412. The second-order valence-corrected chi connectivity index (χ2v) is 16.5. The molecule has 2 heterocycles. The first-order valence-electron chi connectivity index (χ1n) is 14.4. The molecule has 0 amide bonds. The molecule has 2 saturated heterocycles. The molecule has 0 aromatic carbocycles. The van der Waals surface area contributed by atoms with Crippen molar-refractivity contribution in [2.24, 2.45) is 0 Å². The summed E-state index contributed by atoms with van der Waals surface area (Å²) in [6, 6.07) is 1.19. The van der Waals surface area contributed by atoms with Crippen LogP contribution in [0.15, 0.2) is 0 Å². The van der Waals surface area contributed by atoms with Crippen LogP contribution >= 0.6 is 0 Å². The smallest absolute Gasteiger partial charge is 0.0312 e. The second kappa shape index (κ2) is 24.1. The molecule has 0 aromatic rings. The summed E-state index contributed by atoms with van der Waals surface area (Å²) in [5, 5.41) is 0. The molecule has 4 aliphatic carbocycles. The maximum atomic E-state index is 5.45. The van der Waals surface area contributed by atoms with Crippen LogP contribution in [0.2, 0.25) is 0 Å². The van der Waals surface area contributed by atoms with Crippen LogP contribution in [0, 0.1) is 124 Å². The average Bonchev–Trinajstić information content (AvgIpc) is 3.80. The van der Waals surface area contributed by atoms with Gasteiger partial charge in [0.15, 0.2) is 0 Å². The van der Waals surface area contributed by atoms with Gasteiger partial charge in [0.05, 0.1) is 0 Å². The maximum Gasteiger partial charge on any atom is 2.00 e. The van der Waals surface area contributed by atoms with Crippen LogP contribution in [0.5, 0.6) is 0 Å². The van der Waals surface area contributed by atoms with Gasteiger partial charge in [0.25, 0.3) is 0 Å². The molecule has 8 heteroatoms. The summed E-state index contributed by atoms with van der Waals surface area (Å²) in [6.07, 6.45) is 39.1. The molecule has 2 atom stereocenters. The summed E-state index contributed by atoms with van der Waals surface area (Å²) in [5.41, 5.74) is 0. The number of hydrogen-bond donors (Lipinski definition) is 0. The molecule has 4 nitrogen and oxygen atoms in total. The minimum Gasteiger partial charge on any atom is -0.0312 e. The van der Waals surface area contributed by atoms with Crippen molar-refractivity contribution in [2.45, 2.75) is 37.8 Å². The maximum absolute atomic E-state index is 5.45. The zero-order chi connectivity index (χ0) is 27.8. The van der Waals surface area contributed by atoms with E-state index < -0.39 is 0 Å². The Balaban J connectivity index is 0.000000433. The van der Waals surface area contributed by atoms with Crippen LogP contribution in [-0.2, 0) is 43.6 Å². The van der Waals surface area contributed by atoms with Crippen molar-refractivity contribution in [3.8, 4) is 0 Å². The molecular formula is C34H44Fe2N2O2Se2+4. The van der Waals surface area contributed by atoms with E-state index in [1.165, 1.54) is 38.8 Å². The minimum atomic E-state index is 0. The third-order valence-corrected chi connectivity index (χ3v) is 14.9. The van der Waals surface area contributed by atoms with Crippen LogP contribution < -0.4 is 0 Å². The Kier molecular flexibility index (Phi) is 23.0. The second-order valence-electron chi connectivity index (χ2n) is 10.4. The largest absolute Gasteiger partial charge is 2.00 e. The number of likely N-dealkylation sites (tertiary alicyclic amines) is 2. The Bertz CT molecular complexity index is 590. The van der Waals surface area contributed by atoms with E-state index in [9.17, 15) is 0 Å². The van der Waals surface area contributed by atoms with Crippen molar-refractivity contribution >= 4 is 26.3 Å². The molecule has 0 bridgehead atoms. The van der Waals surface area contributed by atoms with Crippen molar-refractivity contribution in [3.63, 3.8) is 0 Å². The molecule has 0 aromatic heterocycles. The normalized spacial score (nSPS) is 27.9. The molecule has 0 spiro atoms. The van der Waals surface area contributed by atoms with Gasteiger partial charge in [-0.1, -0.05) is 0 Å². The molecular weight excluding hydrogens is 738 g/mol. The van der Waals surface area contributed by atoms with E-state index in [2.05, 4.69) is 48.3 Å². The van der Waals surface area contributed by atoms with E-state index in [0.717, 1.165) is 26.3 Å². The summed E-state index contributed by atoms with van der Waals surface area (Å²) in [4.78, 5) is 8.47. The third kappa shape index (κ3) is 14.0. The van der Waals surface area contributed by atoms with E-state index in [1.54, 1.807) is 21.5 Å². The predicted molar refractivity (Wildman–Crippen MR) is 166 cm³/mol. The van der Waals surface area contributed by atoms with Gasteiger partial charge in [0.1, 0.15) is 0 Å². The van der Waals surface area contributed by atoms with Gasteiger partial charge in [0, 0.05) is 0 Å². The SMILES string of the molecule is COC[C@@H]1CCCN1C[C]1[CH][CH][CH][C]1[Se][Se][C]1[CH][CH][CH][C]1CN1CCC[C@H]1COC.[CH]1[CH][CH][CH][CH]1.[CH]1[CH][CH][CH][CH]1.[Fe+2].[Fe+2]. The molecule has 226 valence electrons. The van der Waals surface area contributed by atoms with E-state index in [-0.39, 0.29) is 34.1 Å². The zero-order valence-electron chi connectivity index (χ0n) is 24.7. The summed E-state index contributed by atoms with van der Waals surface area (Å²) in [6.45, 7) is 6.33. The van der Waals surface area contributed by atoms with Gasteiger partial charge in [-0.3, -0.25) is 0 Å². The van der Waals surface area contributed by atoms with Crippen LogP contribution in [0.4, 0.5) is 0 Å². The van der Waals surface area contributed by atoms with E-state index in [1.807, 2.05) is 78.4 Å². The summed E-state index contributed by atoms with van der Waals surface area (Å²) >= 11 is 1.09. The Morgan fingerprint density at radius 2 is 0.929 bits per heavy atom. The summed E-state index contributed by atoms with van der Waals surface area (Å²) in [7, 11) is 3.65. The molecule has 0 N–H and O–H groups in total. The molecule has 0 unspecified atom stereocenters. The molecule has 20 radical (unpaired) electrons. The molecule has 6 fully saturated rings. The fourth-order valence-electron chi connectivity index (χ4n) is 5.44. The van der Waals surface area contributed by atoms with Crippen molar-refractivity contribution in [1.29, 1.82) is 0 Å². The summed E-state index contributed by atoms with van der Waals surface area (Å²) < 4.78 is 10.9. The van der Waals surface area contributed by atoms with Crippen LogP contribution in [0.3, 0.4) is 0 Å². The number of methoxy groups -OCH3 is 2. The number of ether oxygens (including phenoxy) is 2. The average molecular weight is 782 g/mol. The molecule has 2 aliphatic heterocycles. The molecule has 4 saturated carbocycles. The monoisotopic (exact) mass is 784 g/mol. The Morgan fingerprint density at radius 1 is 0.571 bits per heavy atom. The van der Waals surface area contributed by atoms with Crippen molar-refractivity contribution < 1.29 is 43.6 Å². The van der Waals surface area contributed by atoms with Crippen LogP contribution in [-0.4, -0.2) is 102 Å². The van der Waals surface area contributed by atoms with Crippen molar-refractivity contribution in [3.05, 3.63) is 124 Å². The van der Waals surface area contributed by atoms with Gasteiger partial charge in [0.2, 0.25) is 0 Å². The van der Waals surface area contributed by atoms with Gasteiger partial charge in [-0.05, 0) is 64.2 Å².